The van der Waals surface area contributed by atoms with Crippen molar-refractivity contribution in [1.82, 2.24) is 4.98 Å². The first-order valence-corrected chi connectivity index (χ1v) is 6.95. The molecule has 0 atom stereocenters. The van der Waals surface area contributed by atoms with E-state index in [-0.39, 0.29) is 5.75 Å². The Morgan fingerprint density at radius 3 is 2.94 bits per heavy atom. The van der Waals surface area contributed by atoms with Gasteiger partial charge in [0.1, 0.15) is 5.15 Å². The number of aromatic nitrogens is 1. The second kappa shape index (κ2) is 5.59. The Balaban J connectivity index is 2.26. The van der Waals surface area contributed by atoms with Crippen LogP contribution in [0.5, 0.6) is 0 Å². The van der Waals surface area contributed by atoms with E-state index < -0.39 is 5.97 Å². The lowest BCUT2D eigenvalue weighted by molar-refractivity contribution is -0.133. The summed E-state index contributed by atoms with van der Waals surface area (Å²) in [7, 11) is 0. The van der Waals surface area contributed by atoms with Crippen LogP contribution in [0, 0.1) is 6.92 Å². The predicted molar refractivity (Wildman–Crippen MR) is 75.3 cm³/mol. The second-order valence-electron chi connectivity index (χ2n) is 4.02. The van der Waals surface area contributed by atoms with Gasteiger partial charge in [0.25, 0.3) is 0 Å². The average molecular weight is 282 g/mol. The largest absolute Gasteiger partial charge is 0.481 e. The number of aryl methyl sites for hydroxylation is 1. The number of pyridine rings is 1. The number of hydrogen-bond donors (Lipinski definition) is 1. The van der Waals surface area contributed by atoms with Crippen molar-refractivity contribution in [2.75, 3.05) is 5.75 Å². The third-order valence-corrected chi connectivity index (χ3v) is 3.78. The summed E-state index contributed by atoms with van der Waals surface area (Å²) in [6.45, 7) is 2.01. The Morgan fingerprint density at radius 1 is 1.44 bits per heavy atom. The number of carboxylic acids is 1. The third-order valence-electron chi connectivity index (χ3n) is 2.48. The van der Waals surface area contributed by atoms with E-state index >= 15 is 0 Å². The van der Waals surface area contributed by atoms with Gasteiger partial charge in [0.2, 0.25) is 0 Å². The fraction of sp³-hybridized carbons (Fsp3) is 0.231. The molecule has 2 rings (SSSR count). The van der Waals surface area contributed by atoms with Crippen molar-refractivity contribution in [2.45, 2.75) is 12.7 Å². The molecule has 0 spiro atoms. The lowest BCUT2D eigenvalue weighted by Crippen LogP contribution is -1.98. The van der Waals surface area contributed by atoms with E-state index in [1.54, 1.807) is 0 Å². The van der Waals surface area contributed by atoms with Crippen molar-refractivity contribution < 1.29 is 9.90 Å². The standard InChI is InChI=1S/C13H12ClNO2S/c1-8-2-3-9-5-10(6-18-7-12(16)17)13(14)15-11(9)4-8/h2-5H,6-7H2,1H3,(H,16,17). The Hall–Kier alpha value is -1.26. The molecule has 0 amide bonds. The molecular weight excluding hydrogens is 270 g/mol. The van der Waals surface area contributed by atoms with Crippen molar-refractivity contribution in [3.63, 3.8) is 0 Å². The van der Waals surface area contributed by atoms with Gasteiger partial charge in [-0.2, -0.15) is 0 Å². The number of nitrogens with zero attached hydrogens (tertiary/aromatic N) is 1. The van der Waals surface area contributed by atoms with Crippen LogP contribution in [-0.2, 0) is 10.5 Å². The summed E-state index contributed by atoms with van der Waals surface area (Å²) in [6, 6.07) is 7.97. The molecule has 94 valence electrons. The summed E-state index contributed by atoms with van der Waals surface area (Å²) in [6.07, 6.45) is 0. The molecule has 0 unspecified atom stereocenters. The highest BCUT2D eigenvalue weighted by Gasteiger charge is 2.06. The fourth-order valence-electron chi connectivity index (χ4n) is 1.65. The zero-order valence-corrected chi connectivity index (χ0v) is 11.4. The molecule has 0 fully saturated rings. The van der Waals surface area contributed by atoms with Crippen LogP contribution in [0.1, 0.15) is 11.1 Å². The molecule has 3 nitrogen and oxygen atoms in total. The Labute approximate surface area is 114 Å². The van der Waals surface area contributed by atoms with Gasteiger partial charge in [0.15, 0.2) is 0 Å². The SMILES string of the molecule is Cc1ccc2cc(CSCC(=O)O)c(Cl)nc2c1. The van der Waals surface area contributed by atoms with Crippen molar-refractivity contribution in [1.29, 1.82) is 0 Å². The maximum Gasteiger partial charge on any atom is 0.313 e. The van der Waals surface area contributed by atoms with E-state index in [2.05, 4.69) is 4.98 Å². The third kappa shape index (κ3) is 3.15. The number of halogens is 1. The van der Waals surface area contributed by atoms with Crippen LogP contribution in [0.15, 0.2) is 24.3 Å². The molecule has 0 saturated heterocycles. The highest BCUT2D eigenvalue weighted by molar-refractivity contribution is 7.99. The van der Waals surface area contributed by atoms with Crippen LogP contribution in [0.2, 0.25) is 5.15 Å². The van der Waals surface area contributed by atoms with Gasteiger partial charge in [-0.15, -0.1) is 11.8 Å². The Kier molecular flexibility index (Phi) is 4.09. The first-order valence-electron chi connectivity index (χ1n) is 5.41. The maximum absolute atomic E-state index is 10.5. The maximum atomic E-state index is 10.5. The molecule has 0 aliphatic rings. The van der Waals surface area contributed by atoms with Crippen molar-refractivity contribution >= 4 is 40.2 Å². The molecule has 2 aromatic rings. The summed E-state index contributed by atoms with van der Waals surface area (Å²) < 4.78 is 0. The van der Waals surface area contributed by atoms with Crippen LogP contribution in [0.4, 0.5) is 0 Å². The number of fused-ring (bicyclic) bond motifs is 1. The number of benzene rings is 1. The van der Waals surface area contributed by atoms with E-state index in [0.717, 1.165) is 22.0 Å². The molecule has 1 N–H and O–H groups in total. The van der Waals surface area contributed by atoms with E-state index in [1.165, 1.54) is 11.8 Å². The summed E-state index contributed by atoms with van der Waals surface area (Å²) in [5, 5.41) is 10.1. The van der Waals surface area contributed by atoms with Crippen LogP contribution in [0.25, 0.3) is 10.9 Å². The lowest BCUT2D eigenvalue weighted by Gasteiger charge is -2.06. The van der Waals surface area contributed by atoms with E-state index in [4.69, 9.17) is 16.7 Å². The minimum absolute atomic E-state index is 0.0717. The van der Waals surface area contributed by atoms with Gasteiger partial charge in [0, 0.05) is 16.7 Å². The molecule has 1 aromatic carbocycles. The number of carboxylic acid groups (broad SMARTS) is 1. The van der Waals surface area contributed by atoms with Crippen molar-refractivity contribution in [3.05, 3.63) is 40.5 Å². The number of hydrogen-bond acceptors (Lipinski definition) is 3. The summed E-state index contributed by atoms with van der Waals surface area (Å²) in [5.41, 5.74) is 2.88. The Morgan fingerprint density at radius 2 is 2.22 bits per heavy atom. The van der Waals surface area contributed by atoms with Crippen LogP contribution in [-0.4, -0.2) is 21.8 Å². The van der Waals surface area contributed by atoms with Crippen LogP contribution in [0.3, 0.4) is 0 Å². The minimum atomic E-state index is -0.819. The van der Waals surface area contributed by atoms with Gasteiger partial charge >= 0.3 is 5.97 Å². The summed E-state index contributed by atoms with van der Waals surface area (Å²) in [4.78, 5) is 14.8. The molecule has 5 heteroatoms. The number of aliphatic carboxylic acids is 1. The summed E-state index contributed by atoms with van der Waals surface area (Å²) in [5.74, 6) is -0.190. The zero-order chi connectivity index (χ0) is 13.1. The molecule has 0 bridgehead atoms. The highest BCUT2D eigenvalue weighted by atomic mass is 35.5. The van der Waals surface area contributed by atoms with Gasteiger partial charge in [-0.25, -0.2) is 4.98 Å². The molecule has 0 saturated carbocycles. The molecule has 0 aliphatic carbocycles. The number of thioether (sulfide) groups is 1. The van der Waals surface area contributed by atoms with Gasteiger partial charge in [0.05, 0.1) is 11.3 Å². The topological polar surface area (TPSA) is 50.2 Å². The normalized spacial score (nSPS) is 10.8. The van der Waals surface area contributed by atoms with E-state index in [1.807, 2.05) is 31.2 Å². The van der Waals surface area contributed by atoms with Crippen LogP contribution < -0.4 is 0 Å². The highest BCUT2D eigenvalue weighted by Crippen LogP contribution is 2.24. The first-order chi connectivity index (χ1) is 8.56. The fourth-order valence-corrected chi connectivity index (χ4v) is 2.66. The zero-order valence-electron chi connectivity index (χ0n) is 9.81. The first kappa shape index (κ1) is 13.2. The van der Waals surface area contributed by atoms with Crippen LogP contribution >= 0.6 is 23.4 Å². The van der Waals surface area contributed by atoms with Gasteiger partial charge < -0.3 is 5.11 Å². The molecule has 1 aromatic heterocycles. The smallest absolute Gasteiger partial charge is 0.313 e. The molecule has 1 heterocycles. The lowest BCUT2D eigenvalue weighted by atomic mass is 10.1. The van der Waals surface area contributed by atoms with Crippen molar-refractivity contribution in [3.8, 4) is 0 Å². The van der Waals surface area contributed by atoms with Gasteiger partial charge in [-0.3, -0.25) is 4.79 Å². The van der Waals surface area contributed by atoms with Gasteiger partial charge in [-0.05, 0) is 24.6 Å². The molecular formula is C13H12ClNO2S. The van der Waals surface area contributed by atoms with Gasteiger partial charge in [-0.1, -0.05) is 23.7 Å². The second-order valence-corrected chi connectivity index (χ2v) is 5.36. The Bertz CT molecular complexity index is 601. The average Bonchev–Trinajstić information content (AvgIpc) is 2.29. The van der Waals surface area contributed by atoms with E-state index in [9.17, 15) is 4.79 Å². The predicted octanol–water partition coefficient (Wildman–Crippen LogP) is 3.51. The molecule has 18 heavy (non-hydrogen) atoms. The molecule has 0 aliphatic heterocycles. The monoisotopic (exact) mass is 281 g/mol. The number of carbonyl (C=O) groups is 1. The molecule has 0 radical (unpaired) electrons. The summed E-state index contributed by atoms with van der Waals surface area (Å²) >= 11 is 7.42. The van der Waals surface area contributed by atoms with E-state index in [0.29, 0.717) is 10.9 Å². The quantitative estimate of drug-likeness (QED) is 0.871. The van der Waals surface area contributed by atoms with Crippen molar-refractivity contribution in [2.24, 2.45) is 0 Å². The minimum Gasteiger partial charge on any atom is -0.481 e. The number of rotatable bonds is 4.